The van der Waals surface area contributed by atoms with Crippen molar-refractivity contribution in [3.63, 3.8) is 0 Å². The van der Waals surface area contributed by atoms with E-state index in [1.165, 1.54) is 25.7 Å². The van der Waals surface area contributed by atoms with Crippen LogP contribution >= 0.6 is 0 Å². The van der Waals surface area contributed by atoms with Gasteiger partial charge in [0.05, 0.1) is 12.7 Å². The van der Waals surface area contributed by atoms with E-state index in [0.29, 0.717) is 12.7 Å². The van der Waals surface area contributed by atoms with Crippen molar-refractivity contribution in [2.75, 3.05) is 26.2 Å². The molecule has 4 heteroatoms. The van der Waals surface area contributed by atoms with Crippen molar-refractivity contribution in [3.05, 3.63) is 0 Å². The van der Waals surface area contributed by atoms with Gasteiger partial charge in [-0.05, 0) is 19.3 Å². The van der Waals surface area contributed by atoms with Crippen LogP contribution in [0.4, 0.5) is 4.79 Å². The minimum atomic E-state index is 0.0660. The summed E-state index contributed by atoms with van der Waals surface area (Å²) in [6.45, 7) is 3.12. The van der Waals surface area contributed by atoms with Gasteiger partial charge in [-0.2, -0.15) is 0 Å². The van der Waals surface area contributed by atoms with Gasteiger partial charge < -0.3 is 15.0 Å². The van der Waals surface area contributed by atoms with Gasteiger partial charge in [-0.1, -0.05) is 12.8 Å². The van der Waals surface area contributed by atoms with Gasteiger partial charge in [0.2, 0.25) is 0 Å². The molecule has 1 heterocycles. The first-order valence-electron chi connectivity index (χ1n) is 6.00. The molecule has 2 rings (SSSR count). The van der Waals surface area contributed by atoms with E-state index >= 15 is 0 Å². The summed E-state index contributed by atoms with van der Waals surface area (Å²) in [6, 6.07) is 0.0660. The lowest BCUT2D eigenvalue weighted by Gasteiger charge is -2.27. The highest BCUT2D eigenvalue weighted by molar-refractivity contribution is 5.74. The van der Waals surface area contributed by atoms with E-state index in [2.05, 4.69) is 5.32 Å². The number of amides is 2. The number of hydrogen-bond donors (Lipinski definition) is 1. The third-order valence-corrected chi connectivity index (χ3v) is 3.19. The van der Waals surface area contributed by atoms with Crippen LogP contribution in [0.3, 0.4) is 0 Å². The van der Waals surface area contributed by atoms with Crippen LogP contribution in [0, 0.1) is 0 Å². The molecular formula is C11H20N2O2. The monoisotopic (exact) mass is 212 g/mol. The number of urea groups is 1. The number of nitrogens with zero attached hydrogens (tertiary/aromatic N) is 1. The summed E-state index contributed by atoms with van der Waals surface area (Å²) >= 11 is 0. The van der Waals surface area contributed by atoms with Crippen molar-refractivity contribution >= 4 is 6.03 Å². The summed E-state index contributed by atoms with van der Waals surface area (Å²) in [5.41, 5.74) is 0. The lowest BCUT2D eigenvalue weighted by molar-refractivity contribution is 0.0453. The zero-order chi connectivity index (χ0) is 10.5. The van der Waals surface area contributed by atoms with Crippen LogP contribution in [0.25, 0.3) is 0 Å². The Kier molecular flexibility index (Phi) is 3.83. The van der Waals surface area contributed by atoms with E-state index in [0.717, 1.165) is 26.1 Å². The first kappa shape index (κ1) is 10.7. The van der Waals surface area contributed by atoms with Gasteiger partial charge in [0.15, 0.2) is 0 Å². The lowest BCUT2D eigenvalue weighted by Crippen LogP contribution is -2.47. The molecule has 0 aromatic heterocycles. The van der Waals surface area contributed by atoms with Gasteiger partial charge in [-0.15, -0.1) is 0 Å². The second-order valence-electron chi connectivity index (χ2n) is 4.35. The van der Waals surface area contributed by atoms with Crippen molar-refractivity contribution in [2.24, 2.45) is 0 Å². The molecule has 2 amide bonds. The molecule has 0 spiro atoms. The second-order valence-corrected chi connectivity index (χ2v) is 4.35. The Morgan fingerprint density at radius 1 is 1.33 bits per heavy atom. The van der Waals surface area contributed by atoms with Crippen molar-refractivity contribution in [3.8, 4) is 0 Å². The molecule has 15 heavy (non-hydrogen) atoms. The van der Waals surface area contributed by atoms with Crippen LogP contribution in [-0.2, 0) is 4.74 Å². The maximum absolute atomic E-state index is 11.4. The second kappa shape index (κ2) is 5.35. The summed E-state index contributed by atoms with van der Waals surface area (Å²) < 4.78 is 5.73. The minimum absolute atomic E-state index is 0.0660. The SMILES string of the molecule is O=C1NCCCN1CCOC1CCCC1. The number of carbonyl (C=O) groups is 1. The average Bonchev–Trinajstić information content (AvgIpc) is 2.74. The highest BCUT2D eigenvalue weighted by Gasteiger charge is 2.19. The molecule has 0 unspecified atom stereocenters. The Labute approximate surface area is 91.0 Å². The Morgan fingerprint density at radius 2 is 2.13 bits per heavy atom. The third kappa shape index (κ3) is 3.09. The summed E-state index contributed by atoms with van der Waals surface area (Å²) in [5.74, 6) is 0. The fourth-order valence-corrected chi connectivity index (χ4v) is 2.28. The van der Waals surface area contributed by atoms with E-state index < -0.39 is 0 Å². The predicted molar refractivity (Wildman–Crippen MR) is 57.8 cm³/mol. The maximum Gasteiger partial charge on any atom is 0.317 e. The molecule has 1 aliphatic heterocycles. The topological polar surface area (TPSA) is 41.6 Å². The van der Waals surface area contributed by atoms with Crippen LogP contribution in [0.15, 0.2) is 0 Å². The molecule has 1 N–H and O–H groups in total. The molecule has 0 bridgehead atoms. The van der Waals surface area contributed by atoms with Crippen LogP contribution in [-0.4, -0.2) is 43.3 Å². The molecule has 1 saturated heterocycles. The predicted octanol–water partition coefficient (Wildman–Crippen LogP) is 1.36. The number of ether oxygens (including phenoxy) is 1. The van der Waals surface area contributed by atoms with Crippen molar-refractivity contribution in [2.45, 2.75) is 38.2 Å². The Bertz CT molecular complexity index is 215. The summed E-state index contributed by atoms with van der Waals surface area (Å²) in [4.78, 5) is 13.2. The normalized spacial score (nSPS) is 23.2. The Balaban J connectivity index is 1.61. The third-order valence-electron chi connectivity index (χ3n) is 3.19. The lowest BCUT2D eigenvalue weighted by atomic mass is 10.3. The van der Waals surface area contributed by atoms with Gasteiger partial charge >= 0.3 is 6.03 Å². The molecule has 1 aliphatic carbocycles. The molecule has 0 aromatic rings. The number of rotatable bonds is 4. The van der Waals surface area contributed by atoms with Gasteiger partial charge in [-0.25, -0.2) is 4.79 Å². The van der Waals surface area contributed by atoms with Crippen LogP contribution in [0.5, 0.6) is 0 Å². The van der Waals surface area contributed by atoms with Crippen molar-refractivity contribution < 1.29 is 9.53 Å². The minimum Gasteiger partial charge on any atom is -0.376 e. The zero-order valence-corrected chi connectivity index (χ0v) is 9.21. The number of hydrogen-bond acceptors (Lipinski definition) is 2. The number of nitrogens with one attached hydrogen (secondary N) is 1. The summed E-state index contributed by atoms with van der Waals surface area (Å²) in [6.07, 6.45) is 6.51. The molecule has 4 nitrogen and oxygen atoms in total. The number of carbonyl (C=O) groups excluding carboxylic acids is 1. The molecule has 2 aliphatic rings. The fraction of sp³-hybridized carbons (Fsp3) is 0.909. The molecule has 0 aromatic carbocycles. The van der Waals surface area contributed by atoms with Crippen molar-refractivity contribution in [1.29, 1.82) is 0 Å². The zero-order valence-electron chi connectivity index (χ0n) is 9.21. The average molecular weight is 212 g/mol. The van der Waals surface area contributed by atoms with Crippen molar-refractivity contribution in [1.82, 2.24) is 10.2 Å². The highest BCUT2D eigenvalue weighted by Crippen LogP contribution is 2.20. The molecule has 1 saturated carbocycles. The van der Waals surface area contributed by atoms with Gasteiger partial charge in [-0.3, -0.25) is 0 Å². The smallest absolute Gasteiger partial charge is 0.317 e. The molecule has 0 atom stereocenters. The Hall–Kier alpha value is -0.770. The summed E-state index contributed by atoms with van der Waals surface area (Å²) in [7, 11) is 0. The van der Waals surface area contributed by atoms with Gasteiger partial charge in [0.1, 0.15) is 0 Å². The first-order valence-corrected chi connectivity index (χ1v) is 6.00. The van der Waals surface area contributed by atoms with Crippen LogP contribution in [0.1, 0.15) is 32.1 Å². The van der Waals surface area contributed by atoms with E-state index in [1.807, 2.05) is 4.90 Å². The van der Waals surface area contributed by atoms with Crippen LogP contribution in [0.2, 0.25) is 0 Å². The standard InChI is InChI=1S/C11H20N2O2/c14-11-12-6-3-7-13(11)8-9-15-10-4-1-2-5-10/h10H,1-9H2,(H,12,14). The molecule has 86 valence electrons. The highest BCUT2D eigenvalue weighted by atomic mass is 16.5. The fourth-order valence-electron chi connectivity index (χ4n) is 2.28. The van der Waals surface area contributed by atoms with E-state index in [-0.39, 0.29) is 6.03 Å². The molecular weight excluding hydrogens is 192 g/mol. The molecule has 2 fully saturated rings. The first-order chi connectivity index (χ1) is 7.36. The van der Waals surface area contributed by atoms with E-state index in [1.54, 1.807) is 0 Å². The maximum atomic E-state index is 11.4. The van der Waals surface area contributed by atoms with Gasteiger partial charge in [0, 0.05) is 19.6 Å². The molecule has 0 radical (unpaired) electrons. The Morgan fingerprint density at radius 3 is 2.87 bits per heavy atom. The summed E-state index contributed by atoms with van der Waals surface area (Å²) in [5, 5.41) is 2.84. The van der Waals surface area contributed by atoms with E-state index in [9.17, 15) is 4.79 Å². The largest absolute Gasteiger partial charge is 0.376 e. The van der Waals surface area contributed by atoms with Crippen LogP contribution < -0.4 is 5.32 Å². The quantitative estimate of drug-likeness (QED) is 0.764. The van der Waals surface area contributed by atoms with Gasteiger partial charge in [0.25, 0.3) is 0 Å². The van der Waals surface area contributed by atoms with E-state index in [4.69, 9.17) is 4.74 Å².